The van der Waals surface area contributed by atoms with E-state index in [-0.39, 0.29) is 5.91 Å². The van der Waals surface area contributed by atoms with Crippen molar-refractivity contribution in [1.29, 1.82) is 0 Å². The van der Waals surface area contributed by atoms with Crippen LogP contribution in [0.4, 0.5) is 5.82 Å². The fourth-order valence-electron chi connectivity index (χ4n) is 2.67. The number of likely N-dealkylation sites (tertiary alicyclic amines) is 1. The molecule has 1 saturated heterocycles. The number of nitrogens with one attached hydrogen (secondary N) is 1. The van der Waals surface area contributed by atoms with Gasteiger partial charge in [0.25, 0.3) is 5.91 Å². The molecule has 1 N–H and O–H groups in total. The summed E-state index contributed by atoms with van der Waals surface area (Å²) in [7, 11) is 0. The first-order valence-electron chi connectivity index (χ1n) is 7.63. The predicted octanol–water partition coefficient (Wildman–Crippen LogP) is 2.63. The lowest BCUT2D eigenvalue weighted by Gasteiger charge is -2.14. The summed E-state index contributed by atoms with van der Waals surface area (Å²) in [5, 5.41) is 3.25. The lowest BCUT2D eigenvalue weighted by atomic mass is 10.1. The second kappa shape index (κ2) is 6.56. The molecule has 0 atom stereocenters. The summed E-state index contributed by atoms with van der Waals surface area (Å²) in [6.07, 6.45) is 3.60. The Bertz CT molecular complexity index is 665. The van der Waals surface area contributed by atoms with E-state index < -0.39 is 0 Å². The van der Waals surface area contributed by atoms with E-state index in [2.05, 4.69) is 40.4 Å². The van der Waals surface area contributed by atoms with Crippen molar-refractivity contribution < 1.29 is 4.79 Å². The first-order chi connectivity index (χ1) is 10.7. The summed E-state index contributed by atoms with van der Waals surface area (Å²) in [5.41, 5.74) is 2.88. The fourth-order valence-corrected chi connectivity index (χ4v) is 2.67. The van der Waals surface area contributed by atoms with Gasteiger partial charge < -0.3 is 10.2 Å². The topological polar surface area (TPSA) is 58.1 Å². The number of hydrogen-bond acceptors (Lipinski definition) is 4. The lowest BCUT2D eigenvalue weighted by Crippen LogP contribution is -2.28. The second-order valence-electron chi connectivity index (χ2n) is 5.63. The van der Waals surface area contributed by atoms with Crippen molar-refractivity contribution in [2.75, 3.05) is 18.4 Å². The van der Waals surface area contributed by atoms with Crippen LogP contribution >= 0.6 is 0 Å². The molecular weight excluding hydrogens is 276 g/mol. The molecule has 0 unspecified atom stereocenters. The number of carbonyl (C=O) groups is 1. The zero-order chi connectivity index (χ0) is 15.4. The minimum atomic E-state index is -0.00138. The maximum Gasteiger partial charge on any atom is 0.272 e. The molecule has 114 valence electrons. The molecular formula is C17H20N4O. The standard InChI is InChI=1S/C17H20N4O/c1-13-5-4-6-14(9-13)11-18-16-10-15(19-12-20-16)17(22)21-7-2-3-8-21/h4-6,9-10,12H,2-3,7-8,11H2,1H3,(H,18,19,20). The molecule has 1 aliphatic heterocycles. The van der Waals surface area contributed by atoms with Gasteiger partial charge >= 0.3 is 0 Å². The molecule has 0 saturated carbocycles. The predicted molar refractivity (Wildman–Crippen MR) is 85.7 cm³/mol. The molecule has 5 heteroatoms. The van der Waals surface area contributed by atoms with E-state index in [1.54, 1.807) is 6.07 Å². The molecule has 2 aromatic rings. The fraction of sp³-hybridized carbons (Fsp3) is 0.353. The maximum absolute atomic E-state index is 12.3. The quantitative estimate of drug-likeness (QED) is 0.942. The SMILES string of the molecule is Cc1cccc(CNc2cc(C(=O)N3CCCC3)ncn2)c1. The number of hydrogen-bond donors (Lipinski definition) is 1. The number of rotatable bonds is 4. The third kappa shape index (κ3) is 3.42. The number of anilines is 1. The molecule has 0 aliphatic carbocycles. The molecule has 5 nitrogen and oxygen atoms in total. The van der Waals surface area contributed by atoms with Crippen molar-refractivity contribution in [3.8, 4) is 0 Å². The van der Waals surface area contributed by atoms with Gasteiger partial charge in [-0.15, -0.1) is 0 Å². The van der Waals surface area contributed by atoms with Crippen LogP contribution in [0.25, 0.3) is 0 Å². The van der Waals surface area contributed by atoms with Gasteiger partial charge in [-0.3, -0.25) is 4.79 Å². The number of carbonyl (C=O) groups excluding carboxylic acids is 1. The first-order valence-corrected chi connectivity index (χ1v) is 7.63. The lowest BCUT2D eigenvalue weighted by molar-refractivity contribution is 0.0787. The van der Waals surface area contributed by atoms with E-state index in [1.165, 1.54) is 17.5 Å². The van der Waals surface area contributed by atoms with Crippen LogP contribution in [0.15, 0.2) is 36.7 Å². The number of amides is 1. The molecule has 1 aromatic carbocycles. The van der Waals surface area contributed by atoms with Gasteiger partial charge in [-0.1, -0.05) is 29.8 Å². The summed E-state index contributed by atoms with van der Waals surface area (Å²) in [5.74, 6) is 0.678. The summed E-state index contributed by atoms with van der Waals surface area (Å²) in [4.78, 5) is 22.5. The summed E-state index contributed by atoms with van der Waals surface area (Å²) in [6.45, 7) is 4.40. The third-order valence-corrected chi connectivity index (χ3v) is 3.84. The highest BCUT2D eigenvalue weighted by molar-refractivity contribution is 5.93. The van der Waals surface area contributed by atoms with E-state index in [0.717, 1.165) is 25.9 Å². The van der Waals surface area contributed by atoms with Gasteiger partial charge in [0.05, 0.1) is 0 Å². The molecule has 22 heavy (non-hydrogen) atoms. The Labute approximate surface area is 130 Å². The first kappa shape index (κ1) is 14.5. The molecule has 0 bridgehead atoms. The average Bonchev–Trinajstić information content (AvgIpc) is 3.07. The van der Waals surface area contributed by atoms with Crippen LogP contribution in [0.3, 0.4) is 0 Å². The molecule has 0 spiro atoms. The Morgan fingerprint density at radius 2 is 2.05 bits per heavy atom. The summed E-state index contributed by atoms with van der Waals surface area (Å²) >= 11 is 0. The van der Waals surface area contributed by atoms with Crippen molar-refractivity contribution in [3.05, 3.63) is 53.5 Å². The molecule has 0 radical (unpaired) electrons. The number of aryl methyl sites for hydroxylation is 1. The monoisotopic (exact) mass is 296 g/mol. The highest BCUT2D eigenvalue weighted by Gasteiger charge is 2.20. The van der Waals surface area contributed by atoms with Crippen molar-refractivity contribution in [2.24, 2.45) is 0 Å². The van der Waals surface area contributed by atoms with Crippen LogP contribution in [0, 0.1) is 6.92 Å². The van der Waals surface area contributed by atoms with Crippen molar-refractivity contribution in [2.45, 2.75) is 26.3 Å². The molecule has 2 heterocycles. The van der Waals surface area contributed by atoms with E-state index in [0.29, 0.717) is 18.1 Å². The smallest absolute Gasteiger partial charge is 0.272 e. The van der Waals surface area contributed by atoms with Crippen molar-refractivity contribution in [1.82, 2.24) is 14.9 Å². The van der Waals surface area contributed by atoms with Gasteiger partial charge in [0, 0.05) is 25.7 Å². The Kier molecular flexibility index (Phi) is 4.32. The second-order valence-corrected chi connectivity index (χ2v) is 5.63. The Morgan fingerprint density at radius 1 is 1.23 bits per heavy atom. The van der Waals surface area contributed by atoms with E-state index in [9.17, 15) is 4.79 Å². The van der Waals surface area contributed by atoms with Gasteiger partial charge in [0.1, 0.15) is 17.8 Å². The van der Waals surface area contributed by atoms with Crippen molar-refractivity contribution >= 4 is 11.7 Å². The molecule has 1 amide bonds. The van der Waals surface area contributed by atoms with Gasteiger partial charge in [0.2, 0.25) is 0 Å². The van der Waals surface area contributed by atoms with Crippen LogP contribution in [0.1, 0.15) is 34.5 Å². The molecule has 1 aliphatic rings. The minimum absolute atomic E-state index is 0.00138. The largest absolute Gasteiger partial charge is 0.366 e. The Hall–Kier alpha value is -2.43. The zero-order valence-electron chi connectivity index (χ0n) is 12.7. The Balaban J connectivity index is 1.67. The number of nitrogens with zero attached hydrogens (tertiary/aromatic N) is 3. The normalized spacial score (nSPS) is 14.1. The highest BCUT2D eigenvalue weighted by atomic mass is 16.2. The third-order valence-electron chi connectivity index (χ3n) is 3.84. The molecule has 1 aromatic heterocycles. The van der Waals surface area contributed by atoms with E-state index in [1.807, 2.05) is 11.0 Å². The van der Waals surface area contributed by atoms with Crippen LogP contribution in [0.2, 0.25) is 0 Å². The van der Waals surface area contributed by atoms with Gasteiger partial charge in [0.15, 0.2) is 0 Å². The van der Waals surface area contributed by atoms with Crippen LogP contribution < -0.4 is 5.32 Å². The average molecular weight is 296 g/mol. The van der Waals surface area contributed by atoms with Gasteiger partial charge in [-0.05, 0) is 25.3 Å². The summed E-state index contributed by atoms with van der Waals surface area (Å²) < 4.78 is 0. The van der Waals surface area contributed by atoms with Crippen molar-refractivity contribution in [3.63, 3.8) is 0 Å². The Morgan fingerprint density at radius 3 is 2.82 bits per heavy atom. The highest BCUT2D eigenvalue weighted by Crippen LogP contribution is 2.14. The van der Waals surface area contributed by atoms with E-state index >= 15 is 0 Å². The van der Waals surface area contributed by atoms with E-state index in [4.69, 9.17) is 0 Å². The molecule has 1 fully saturated rings. The zero-order valence-corrected chi connectivity index (χ0v) is 12.7. The summed E-state index contributed by atoms with van der Waals surface area (Å²) in [6, 6.07) is 10.0. The molecule has 3 rings (SSSR count). The van der Waals surface area contributed by atoms with Gasteiger partial charge in [-0.25, -0.2) is 9.97 Å². The number of aromatic nitrogens is 2. The number of benzene rings is 1. The maximum atomic E-state index is 12.3. The minimum Gasteiger partial charge on any atom is -0.366 e. The van der Waals surface area contributed by atoms with Crippen LogP contribution in [0.5, 0.6) is 0 Å². The van der Waals surface area contributed by atoms with Crippen LogP contribution in [-0.4, -0.2) is 33.9 Å². The van der Waals surface area contributed by atoms with Gasteiger partial charge in [-0.2, -0.15) is 0 Å². The van der Waals surface area contributed by atoms with Crippen LogP contribution in [-0.2, 0) is 6.54 Å².